The van der Waals surface area contributed by atoms with Crippen LogP contribution in [-0.2, 0) is 0 Å². The van der Waals surface area contributed by atoms with Gasteiger partial charge in [-0.05, 0) is 18.2 Å². The van der Waals surface area contributed by atoms with Crippen molar-refractivity contribution in [1.82, 2.24) is 4.98 Å². The van der Waals surface area contributed by atoms with Gasteiger partial charge in [0.05, 0.1) is 4.92 Å². The van der Waals surface area contributed by atoms with E-state index in [2.05, 4.69) is 4.98 Å². The van der Waals surface area contributed by atoms with Crippen molar-refractivity contribution in [1.29, 1.82) is 0 Å². The highest BCUT2D eigenvalue weighted by Crippen LogP contribution is 2.31. The second-order valence-electron chi connectivity index (χ2n) is 3.76. The maximum absolute atomic E-state index is 13.4. The van der Waals surface area contributed by atoms with Crippen LogP contribution in [0.5, 0.6) is 11.6 Å². The quantitative estimate of drug-likeness (QED) is 0.687. The molecule has 21 heavy (non-hydrogen) atoms. The summed E-state index contributed by atoms with van der Waals surface area (Å²) in [6, 6.07) is 4.00. The number of ether oxygens (including phenoxy) is 1. The van der Waals surface area contributed by atoms with Crippen molar-refractivity contribution in [3.05, 3.63) is 57.8 Å². The molecule has 0 spiro atoms. The van der Waals surface area contributed by atoms with Gasteiger partial charge in [-0.3, -0.25) is 10.1 Å². The van der Waals surface area contributed by atoms with Gasteiger partial charge in [-0.25, -0.2) is 13.6 Å². The average molecular weight is 296 g/mol. The molecule has 0 unspecified atom stereocenters. The lowest BCUT2D eigenvalue weighted by Crippen LogP contribution is -2.04. The van der Waals surface area contributed by atoms with E-state index in [-0.39, 0.29) is 0 Å². The summed E-state index contributed by atoms with van der Waals surface area (Å²) in [5.74, 6) is -4.65. The van der Waals surface area contributed by atoms with E-state index in [1.807, 2.05) is 0 Å². The first-order chi connectivity index (χ1) is 9.88. The van der Waals surface area contributed by atoms with Crippen LogP contribution < -0.4 is 4.74 Å². The van der Waals surface area contributed by atoms with Gasteiger partial charge >= 0.3 is 17.5 Å². The second kappa shape index (κ2) is 5.49. The average Bonchev–Trinajstić information content (AvgIpc) is 2.42. The molecule has 1 N–H and O–H groups in total. The Morgan fingerprint density at radius 2 is 2.00 bits per heavy atom. The summed E-state index contributed by atoms with van der Waals surface area (Å²) >= 11 is 0. The van der Waals surface area contributed by atoms with Crippen molar-refractivity contribution in [3.63, 3.8) is 0 Å². The first-order valence-electron chi connectivity index (χ1n) is 5.40. The number of pyridine rings is 1. The predicted molar refractivity (Wildman–Crippen MR) is 64.3 cm³/mol. The van der Waals surface area contributed by atoms with Crippen LogP contribution in [0.15, 0.2) is 30.3 Å². The fraction of sp³-hybridized carbons (Fsp3) is 0. The Balaban J connectivity index is 2.50. The smallest absolute Gasteiger partial charge is 0.354 e. The zero-order chi connectivity index (χ0) is 15.6. The van der Waals surface area contributed by atoms with Crippen LogP contribution in [-0.4, -0.2) is 21.0 Å². The Hall–Kier alpha value is -3.10. The van der Waals surface area contributed by atoms with Gasteiger partial charge in [0.2, 0.25) is 0 Å². The van der Waals surface area contributed by atoms with E-state index in [0.29, 0.717) is 6.07 Å². The summed E-state index contributed by atoms with van der Waals surface area (Å²) < 4.78 is 31.3. The van der Waals surface area contributed by atoms with Crippen LogP contribution in [0.2, 0.25) is 0 Å². The molecule has 0 radical (unpaired) electrons. The first-order valence-corrected chi connectivity index (χ1v) is 5.40. The highest BCUT2D eigenvalue weighted by molar-refractivity contribution is 5.85. The van der Waals surface area contributed by atoms with Gasteiger partial charge in [0.1, 0.15) is 5.82 Å². The van der Waals surface area contributed by atoms with Gasteiger partial charge in [-0.2, -0.15) is 4.98 Å². The molecular weight excluding hydrogens is 290 g/mol. The molecule has 0 amide bonds. The summed E-state index contributed by atoms with van der Waals surface area (Å²) in [7, 11) is 0. The fourth-order valence-corrected chi connectivity index (χ4v) is 1.43. The van der Waals surface area contributed by atoms with Gasteiger partial charge in [0, 0.05) is 12.1 Å². The number of benzene rings is 1. The van der Waals surface area contributed by atoms with Crippen molar-refractivity contribution >= 4 is 11.7 Å². The highest BCUT2D eigenvalue weighted by atomic mass is 19.1. The number of carboxylic acids is 1. The van der Waals surface area contributed by atoms with Crippen LogP contribution in [0.1, 0.15) is 10.5 Å². The van der Waals surface area contributed by atoms with Gasteiger partial charge in [-0.1, -0.05) is 0 Å². The molecule has 0 fully saturated rings. The zero-order valence-corrected chi connectivity index (χ0v) is 10.1. The van der Waals surface area contributed by atoms with Gasteiger partial charge in [-0.15, -0.1) is 0 Å². The molecule has 0 bridgehead atoms. The molecule has 0 aliphatic rings. The maximum atomic E-state index is 13.4. The molecule has 1 aromatic heterocycles. The zero-order valence-electron chi connectivity index (χ0n) is 10.1. The van der Waals surface area contributed by atoms with Crippen molar-refractivity contribution < 1.29 is 28.3 Å². The van der Waals surface area contributed by atoms with Crippen LogP contribution in [0.4, 0.5) is 14.5 Å². The van der Waals surface area contributed by atoms with E-state index in [1.54, 1.807) is 0 Å². The molecular formula is C12H6F2N2O5. The summed E-state index contributed by atoms with van der Waals surface area (Å²) in [6.45, 7) is 0. The normalized spacial score (nSPS) is 10.2. The molecule has 2 rings (SSSR count). The van der Waals surface area contributed by atoms with Gasteiger partial charge in [0.25, 0.3) is 0 Å². The summed E-state index contributed by atoms with van der Waals surface area (Å²) in [6.07, 6.45) is 0. The van der Waals surface area contributed by atoms with Crippen LogP contribution >= 0.6 is 0 Å². The van der Waals surface area contributed by atoms with E-state index in [0.717, 1.165) is 24.3 Å². The molecule has 1 aromatic carbocycles. The van der Waals surface area contributed by atoms with Crippen molar-refractivity contribution in [3.8, 4) is 11.6 Å². The summed E-state index contributed by atoms with van der Waals surface area (Å²) in [5, 5.41) is 19.6. The number of aromatic nitrogens is 1. The number of nitrogens with zero attached hydrogens (tertiary/aromatic N) is 2. The highest BCUT2D eigenvalue weighted by Gasteiger charge is 2.21. The molecule has 0 aliphatic heterocycles. The molecule has 0 atom stereocenters. The molecule has 7 nitrogen and oxygen atoms in total. The van der Waals surface area contributed by atoms with Crippen LogP contribution in [0, 0.1) is 21.7 Å². The number of nitro groups is 1. The number of rotatable bonds is 4. The standard InChI is InChI=1S/C12H6F2N2O5/c13-6-1-2-7(14)10(5-6)21-11-9(16(19)20)4-3-8(15-11)12(17)18/h1-5H,(H,17,18). The third kappa shape index (κ3) is 3.08. The van der Waals surface area contributed by atoms with Crippen molar-refractivity contribution in [2.45, 2.75) is 0 Å². The van der Waals surface area contributed by atoms with E-state index in [9.17, 15) is 23.7 Å². The van der Waals surface area contributed by atoms with E-state index in [1.165, 1.54) is 0 Å². The molecule has 0 aliphatic carbocycles. The summed E-state index contributed by atoms with van der Waals surface area (Å²) in [4.78, 5) is 24.1. The third-order valence-corrected chi connectivity index (χ3v) is 2.36. The largest absolute Gasteiger partial charge is 0.477 e. The lowest BCUT2D eigenvalue weighted by atomic mass is 10.3. The number of carbonyl (C=O) groups is 1. The number of halogens is 2. The number of hydrogen-bond donors (Lipinski definition) is 1. The monoisotopic (exact) mass is 296 g/mol. The Morgan fingerprint density at radius 1 is 1.29 bits per heavy atom. The fourth-order valence-electron chi connectivity index (χ4n) is 1.43. The first kappa shape index (κ1) is 14.3. The predicted octanol–water partition coefficient (Wildman–Crippen LogP) is 2.76. The Morgan fingerprint density at radius 3 is 2.62 bits per heavy atom. The minimum atomic E-state index is -1.45. The van der Waals surface area contributed by atoms with Crippen LogP contribution in [0.3, 0.4) is 0 Å². The van der Waals surface area contributed by atoms with Crippen molar-refractivity contribution in [2.75, 3.05) is 0 Å². The van der Waals surface area contributed by atoms with Crippen molar-refractivity contribution in [2.24, 2.45) is 0 Å². The lowest BCUT2D eigenvalue weighted by Gasteiger charge is -2.07. The summed E-state index contributed by atoms with van der Waals surface area (Å²) in [5.41, 5.74) is -1.21. The minimum absolute atomic E-state index is 0.535. The maximum Gasteiger partial charge on any atom is 0.354 e. The van der Waals surface area contributed by atoms with Gasteiger partial charge < -0.3 is 9.84 Å². The molecule has 108 valence electrons. The van der Waals surface area contributed by atoms with E-state index in [4.69, 9.17) is 9.84 Å². The third-order valence-electron chi connectivity index (χ3n) is 2.36. The SMILES string of the molecule is O=C(O)c1ccc([N+](=O)[O-])c(Oc2cc(F)ccc2F)n1. The van der Waals surface area contributed by atoms with Crippen LogP contribution in [0.25, 0.3) is 0 Å². The molecule has 0 saturated heterocycles. The number of aromatic carboxylic acids is 1. The Bertz CT molecular complexity index is 736. The molecule has 0 saturated carbocycles. The Kier molecular flexibility index (Phi) is 3.74. The number of carboxylic acid groups (broad SMARTS) is 1. The minimum Gasteiger partial charge on any atom is -0.477 e. The number of hydrogen-bond acceptors (Lipinski definition) is 5. The Labute approximate surface area is 115 Å². The van der Waals surface area contributed by atoms with E-state index >= 15 is 0 Å². The second-order valence-corrected chi connectivity index (χ2v) is 3.76. The van der Waals surface area contributed by atoms with Gasteiger partial charge in [0.15, 0.2) is 17.3 Å². The molecule has 2 aromatic rings. The molecule has 1 heterocycles. The molecule has 9 heteroatoms. The lowest BCUT2D eigenvalue weighted by molar-refractivity contribution is -0.386. The van der Waals surface area contributed by atoms with E-state index < -0.39 is 45.5 Å². The topological polar surface area (TPSA) is 103 Å².